The minimum Gasteiger partial charge on any atom is -0.351 e. The van der Waals surface area contributed by atoms with Crippen LogP contribution in [0.15, 0.2) is 53.5 Å². The van der Waals surface area contributed by atoms with Gasteiger partial charge in [-0.05, 0) is 41.8 Å². The number of aromatic nitrogens is 3. The molecule has 0 fully saturated rings. The van der Waals surface area contributed by atoms with Gasteiger partial charge in [-0.2, -0.15) is 23.3 Å². The molecule has 1 aliphatic rings. The Bertz CT molecular complexity index is 1130. The molecule has 156 valence electrons. The van der Waals surface area contributed by atoms with Crippen LogP contribution in [0.1, 0.15) is 21.7 Å². The van der Waals surface area contributed by atoms with Crippen molar-refractivity contribution in [1.29, 1.82) is 0 Å². The lowest BCUT2D eigenvalue weighted by Gasteiger charge is -2.27. The Morgan fingerprint density at radius 1 is 1.10 bits per heavy atom. The Morgan fingerprint density at radius 2 is 1.87 bits per heavy atom. The smallest absolute Gasteiger partial charge is 0.351 e. The van der Waals surface area contributed by atoms with Crippen LogP contribution in [-0.4, -0.2) is 27.9 Å². The van der Waals surface area contributed by atoms with Crippen LogP contribution in [0, 0.1) is 5.82 Å². The molecule has 30 heavy (non-hydrogen) atoms. The number of halogens is 4. The van der Waals surface area contributed by atoms with Gasteiger partial charge in [0.1, 0.15) is 10.7 Å². The molecule has 0 unspecified atom stereocenters. The average molecular weight is 436 g/mol. The SMILES string of the molecule is O=c1nc(N2CC=C(c3ccc(F)cc3)CC2)cnn1Cc1ccc(C(F)(F)F)s1. The summed E-state index contributed by atoms with van der Waals surface area (Å²) in [5.41, 5.74) is 1.42. The lowest BCUT2D eigenvalue weighted by atomic mass is 9.99. The zero-order chi connectivity index (χ0) is 21.3. The first-order valence-electron chi connectivity index (χ1n) is 9.09. The van der Waals surface area contributed by atoms with Crippen molar-refractivity contribution in [3.05, 3.63) is 80.3 Å². The molecule has 0 bridgehead atoms. The van der Waals surface area contributed by atoms with Crippen LogP contribution in [0.4, 0.5) is 23.4 Å². The van der Waals surface area contributed by atoms with Gasteiger partial charge in [0, 0.05) is 18.0 Å². The molecular formula is C20H16F4N4OS. The van der Waals surface area contributed by atoms with E-state index in [1.807, 2.05) is 11.0 Å². The van der Waals surface area contributed by atoms with E-state index in [0.717, 1.165) is 21.9 Å². The highest BCUT2D eigenvalue weighted by atomic mass is 32.1. The van der Waals surface area contributed by atoms with Gasteiger partial charge in [-0.1, -0.05) is 18.2 Å². The predicted molar refractivity (Wildman–Crippen MR) is 106 cm³/mol. The Labute approximate surface area is 172 Å². The van der Waals surface area contributed by atoms with Gasteiger partial charge in [0.05, 0.1) is 12.7 Å². The second-order valence-electron chi connectivity index (χ2n) is 6.75. The molecule has 1 aliphatic heterocycles. The standard InChI is InChI=1S/C20H16F4N4OS/c21-15-3-1-13(2-4-15)14-7-9-27(10-8-14)18-11-25-28(19(29)26-18)12-16-5-6-17(30-16)20(22,23)24/h1-7,11H,8-10,12H2. The Balaban J connectivity index is 1.45. The van der Waals surface area contributed by atoms with Gasteiger partial charge < -0.3 is 4.90 Å². The van der Waals surface area contributed by atoms with Crippen molar-refractivity contribution in [3.63, 3.8) is 0 Å². The highest BCUT2D eigenvalue weighted by Gasteiger charge is 2.32. The van der Waals surface area contributed by atoms with E-state index in [1.54, 1.807) is 12.1 Å². The molecule has 0 atom stereocenters. The number of benzene rings is 1. The second-order valence-corrected chi connectivity index (χ2v) is 7.92. The van der Waals surface area contributed by atoms with Gasteiger partial charge in [-0.3, -0.25) is 0 Å². The highest BCUT2D eigenvalue weighted by Crippen LogP contribution is 2.34. The van der Waals surface area contributed by atoms with Crippen molar-refractivity contribution in [3.8, 4) is 0 Å². The first-order chi connectivity index (χ1) is 14.3. The number of rotatable bonds is 4. The number of thiophene rings is 1. The van der Waals surface area contributed by atoms with Crippen molar-refractivity contribution in [2.24, 2.45) is 0 Å². The van der Waals surface area contributed by atoms with Crippen molar-refractivity contribution in [2.45, 2.75) is 19.1 Å². The first kappa shape index (κ1) is 20.3. The lowest BCUT2D eigenvalue weighted by molar-refractivity contribution is -0.134. The molecule has 0 saturated carbocycles. The number of hydrogen-bond donors (Lipinski definition) is 0. The third-order valence-corrected chi connectivity index (χ3v) is 5.85. The molecule has 0 radical (unpaired) electrons. The van der Waals surface area contributed by atoms with Crippen LogP contribution in [0.3, 0.4) is 0 Å². The number of nitrogens with zero attached hydrogens (tertiary/aromatic N) is 4. The predicted octanol–water partition coefficient (Wildman–Crippen LogP) is 4.20. The van der Waals surface area contributed by atoms with Gasteiger partial charge in [0.15, 0.2) is 5.82 Å². The van der Waals surface area contributed by atoms with E-state index in [0.29, 0.717) is 41.5 Å². The van der Waals surface area contributed by atoms with Crippen LogP contribution in [-0.2, 0) is 12.7 Å². The minimum atomic E-state index is -4.40. The van der Waals surface area contributed by atoms with Crippen molar-refractivity contribution in [1.82, 2.24) is 14.8 Å². The van der Waals surface area contributed by atoms with E-state index in [4.69, 9.17) is 0 Å². The second kappa shape index (κ2) is 8.02. The summed E-state index contributed by atoms with van der Waals surface area (Å²) in [4.78, 5) is 17.9. The Morgan fingerprint density at radius 3 is 2.47 bits per heavy atom. The zero-order valence-corrected chi connectivity index (χ0v) is 16.4. The van der Waals surface area contributed by atoms with Crippen LogP contribution >= 0.6 is 11.3 Å². The maximum Gasteiger partial charge on any atom is 0.425 e. The van der Waals surface area contributed by atoms with E-state index in [9.17, 15) is 22.4 Å². The fraction of sp³-hybridized carbons (Fsp3) is 0.250. The summed E-state index contributed by atoms with van der Waals surface area (Å²) >= 11 is 0.580. The summed E-state index contributed by atoms with van der Waals surface area (Å²) in [6, 6.07) is 8.62. The van der Waals surface area contributed by atoms with Crippen LogP contribution < -0.4 is 10.6 Å². The summed E-state index contributed by atoms with van der Waals surface area (Å²) in [7, 11) is 0. The molecule has 1 aromatic carbocycles. The zero-order valence-electron chi connectivity index (χ0n) is 15.6. The lowest BCUT2D eigenvalue weighted by Crippen LogP contribution is -2.33. The normalized spacial score (nSPS) is 14.7. The third-order valence-electron chi connectivity index (χ3n) is 4.74. The molecule has 4 rings (SSSR count). The third kappa shape index (κ3) is 4.43. The fourth-order valence-corrected chi connectivity index (χ4v) is 4.04. The highest BCUT2D eigenvalue weighted by molar-refractivity contribution is 7.12. The molecular weight excluding hydrogens is 420 g/mol. The fourth-order valence-electron chi connectivity index (χ4n) is 3.18. The molecule has 0 spiro atoms. The maximum absolute atomic E-state index is 13.1. The summed E-state index contributed by atoms with van der Waals surface area (Å²) in [6.07, 6.45) is -0.269. The van der Waals surface area contributed by atoms with Crippen molar-refractivity contribution in [2.75, 3.05) is 18.0 Å². The van der Waals surface area contributed by atoms with E-state index >= 15 is 0 Å². The number of alkyl halides is 3. The van der Waals surface area contributed by atoms with E-state index in [2.05, 4.69) is 10.1 Å². The van der Waals surface area contributed by atoms with Gasteiger partial charge in [-0.25, -0.2) is 13.9 Å². The van der Waals surface area contributed by atoms with Crippen molar-refractivity contribution < 1.29 is 17.6 Å². The molecule has 10 heteroatoms. The molecule has 5 nitrogen and oxygen atoms in total. The van der Waals surface area contributed by atoms with Crippen molar-refractivity contribution >= 4 is 22.7 Å². The number of hydrogen-bond acceptors (Lipinski definition) is 5. The van der Waals surface area contributed by atoms with Crippen LogP contribution in [0.2, 0.25) is 0 Å². The van der Waals surface area contributed by atoms with Crippen LogP contribution in [0.25, 0.3) is 5.57 Å². The summed E-state index contributed by atoms with van der Waals surface area (Å²) in [5, 5.41) is 4.07. The maximum atomic E-state index is 13.1. The van der Waals surface area contributed by atoms with Gasteiger partial charge in [0.2, 0.25) is 0 Å². The average Bonchev–Trinajstić information content (AvgIpc) is 3.20. The molecule has 0 N–H and O–H groups in total. The largest absolute Gasteiger partial charge is 0.425 e. The molecule has 0 aliphatic carbocycles. The van der Waals surface area contributed by atoms with Gasteiger partial charge in [0.25, 0.3) is 0 Å². The summed E-state index contributed by atoms with van der Waals surface area (Å²) in [5.74, 6) is 0.123. The van der Waals surface area contributed by atoms with Gasteiger partial charge >= 0.3 is 11.9 Å². The monoisotopic (exact) mass is 436 g/mol. The summed E-state index contributed by atoms with van der Waals surface area (Å²) in [6.45, 7) is 1.06. The van der Waals surface area contributed by atoms with E-state index in [-0.39, 0.29) is 12.4 Å². The minimum absolute atomic E-state index is 0.0680. The molecule has 3 aromatic rings. The molecule has 3 heterocycles. The quantitative estimate of drug-likeness (QED) is 0.576. The summed E-state index contributed by atoms with van der Waals surface area (Å²) < 4.78 is 52.3. The Hall–Kier alpha value is -3.01. The molecule has 0 saturated heterocycles. The first-order valence-corrected chi connectivity index (χ1v) is 9.91. The number of anilines is 1. The molecule has 0 amide bonds. The molecule has 2 aromatic heterocycles. The van der Waals surface area contributed by atoms with Gasteiger partial charge in [-0.15, -0.1) is 11.3 Å². The topological polar surface area (TPSA) is 51.0 Å². The van der Waals surface area contributed by atoms with Crippen LogP contribution in [0.5, 0.6) is 0 Å². The van der Waals surface area contributed by atoms with E-state index in [1.165, 1.54) is 24.4 Å². The van der Waals surface area contributed by atoms with E-state index < -0.39 is 16.7 Å². The Kier molecular flexibility index (Phi) is 5.42.